The van der Waals surface area contributed by atoms with Crippen molar-refractivity contribution in [3.05, 3.63) is 54.7 Å². The molecule has 5 heteroatoms. The zero-order chi connectivity index (χ0) is 14.2. The number of hydrogen-bond acceptors (Lipinski definition) is 4. The molecule has 0 aliphatic heterocycles. The molecular weight excluding hydrogens is 264 g/mol. The monoisotopic (exact) mass is 276 g/mol. The van der Waals surface area contributed by atoms with Crippen molar-refractivity contribution in [3.63, 3.8) is 0 Å². The van der Waals surface area contributed by atoms with Crippen LogP contribution < -0.4 is 5.73 Å². The summed E-state index contributed by atoms with van der Waals surface area (Å²) in [4.78, 5) is 7.67. The zero-order valence-electron chi connectivity index (χ0n) is 11.1. The molecule has 0 amide bonds. The van der Waals surface area contributed by atoms with E-state index in [1.54, 1.807) is 0 Å². The van der Waals surface area contributed by atoms with Crippen LogP contribution in [-0.4, -0.2) is 15.1 Å². The van der Waals surface area contributed by atoms with E-state index in [1.807, 2.05) is 54.7 Å². The van der Waals surface area contributed by atoms with Crippen molar-refractivity contribution in [2.24, 2.45) is 0 Å². The van der Waals surface area contributed by atoms with Crippen molar-refractivity contribution in [1.29, 1.82) is 0 Å². The van der Waals surface area contributed by atoms with Gasteiger partial charge >= 0.3 is 0 Å². The van der Waals surface area contributed by atoms with Crippen molar-refractivity contribution >= 4 is 16.6 Å². The highest BCUT2D eigenvalue weighted by atomic mass is 16.5. The minimum Gasteiger partial charge on any atom is -0.399 e. The topological polar surface area (TPSA) is 80.7 Å². The number of H-pyrrole nitrogens is 1. The van der Waals surface area contributed by atoms with E-state index < -0.39 is 0 Å². The molecule has 0 unspecified atom stereocenters. The molecular formula is C16H12N4O. The second-order valence-electron chi connectivity index (χ2n) is 4.79. The summed E-state index contributed by atoms with van der Waals surface area (Å²) >= 11 is 0. The summed E-state index contributed by atoms with van der Waals surface area (Å²) in [6.07, 6.45) is 1.89. The fraction of sp³-hybridized carbons (Fsp3) is 0. The van der Waals surface area contributed by atoms with Gasteiger partial charge in [-0.1, -0.05) is 23.4 Å². The van der Waals surface area contributed by atoms with Gasteiger partial charge < -0.3 is 15.2 Å². The lowest BCUT2D eigenvalue weighted by Crippen LogP contribution is -1.84. The van der Waals surface area contributed by atoms with Crippen LogP contribution in [-0.2, 0) is 0 Å². The number of aromatic nitrogens is 3. The molecule has 0 radical (unpaired) electrons. The minimum absolute atomic E-state index is 0.482. The van der Waals surface area contributed by atoms with Gasteiger partial charge in [-0.05, 0) is 30.3 Å². The summed E-state index contributed by atoms with van der Waals surface area (Å²) in [7, 11) is 0. The molecule has 2 aromatic heterocycles. The number of fused-ring (bicyclic) bond motifs is 1. The molecule has 0 aliphatic rings. The predicted octanol–water partition coefficient (Wildman–Crippen LogP) is 3.47. The molecule has 0 atom stereocenters. The maximum Gasteiger partial charge on any atom is 0.258 e. The number of para-hydroxylation sites is 1. The number of nitrogen functional groups attached to an aromatic ring is 1. The van der Waals surface area contributed by atoms with Crippen LogP contribution in [0.25, 0.3) is 33.7 Å². The highest BCUT2D eigenvalue weighted by Crippen LogP contribution is 2.28. The summed E-state index contributed by atoms with van der Waals surface area (Å²) in [6.45, 7) is 0. The molecule has 0 saturated carbocycles. The van der Waals surface area contributed by atoms with Crippen molar-refractivity contribution in [2.45, 2.75) is 0 Å². The van der Waals surface area contributed by atoms with E-state index in [-0.39, 0.29) is 0 Å². The third-order valence-corrected chi connectivity index (χ3v) is 3.41. The first kappa shape index (κ1) is 11.7. The SMILES string of the molecule is Nc1ccc(-c2nc(-c3c[nH]c4ccccc34)no2)cc1. The van der Waals surface area contributed by atoms with Gasteiger partial charge in [-0.2, -0.15) is 4.98 Å². The van der Waals surface area contributed by atoms with Gasteiger partial charge in [-0.3, -0.25) is 0 Å². The number of anilines is 1. The van der Waals surface area contributed by atoms with E-state index in [2.05, 4.69) is 15.1 Å². The van der Waals surface area contributed by atoms with Crippen LogP contribution in [0.15, 0.2) is 59.3 Å². The third-order valence-electron chi connectivity index (χ3n) is 3.41. The van der Waals surface area contributed by atoms with E-state index in [0.29, 0.717) is 17.4 Å². The standard InChI is InChI=1S/C16H12N4O/c17-11-7-5-10(6-8-11)16-19-15(20-21-16)13-9-18-14-4-2-1-3-12(13)14/h1-9,18H,17H2. The van der Waals surface area contributed by atoms with Crippen LogP contribution in [0.1, 0.15) is 0 Å². The molecule has 21 heavy (non-hydrogen) atoms. The Hall–Kier alpha value is -3.08. The Balaban J connectivity index is 1.79. The molecule has 2 heterocycles. The van der Waals surface area contributed by atoms with Crippen molar-refractivity contribution < 1.29 is 4.52 Å². The number of hydrogen-bond donors (Lipinski definition) is 2. The second-order valence-corrected chi connectivity index (χ2v) is 4.79. The highest BCUT2D eigenvalue weighted by molar-refractivity contribution is 5.93. The van der Waals surface area contributed by atoms with Crippen LogP contribution in [0, 0.1) is 0 Å². The van der Waals surface area contributed by atoms with Crippen LogP contribution in [0.2, 0.25) is 0 Å². The van der Waals surface area contributed by atoms with Gasteiger partial charge in [0.2, 0.25) is 5.82 Å². The average Bonchev–Trinajstić information content (AvgIpc) is 3.14. The van der Waals surface area contributed by atoms with Gasteiger partial charge in [0.25, 0.3) is 5.89 Å². The Bertz CT molecular complexity index is 905. The maximum absolute atomic E-state index is 5.68. The fourth-order valence-electron chi connectivity index (χ4n) is 2.33. The Morgan fingerprint density at radius 3 is 2.67 bits per heavy atom. The number of rotatable bonds is 2. The Morgan fingerprint density at radius 1 is 1.00 bits per heavy atom. The lowest BCUT2D eigenvalue weighted by Gasteiger charge is -1.94. The highest BCUT2D eigenvalue weighted by Gasteiger charge is 2.13. The maximum atomic E-state index is 5.68. The lowest BCUT2D eigenvalue weighted by atomic mass is 10.1. The first-order valence-corrected chi connectivity index (χ1v) is 6.57. The molecule has 0 bridgehead atoms. The molecule has 2 aromatic carbocycles. The Labute approximate surface area is 120 Å². The summed E-state index contributed by atoms with van der Waals surface area (Å²) in [5, 5.41) is 5.14. The molecule has 102 valence electrons. The van der Waals surface area contributed by atoms with Gasteiger partial charge in [0.15, 0.2) is 0 Å². The average molecular weight is 276 g/mol. The predicted molar refractivity (Wildman–Crippen MR) is 81.4 cm³/mol. The first-order valence-electron chi connectivity index (χ1n) is 6.57. The van der Waals surface area contributed by atoms with Crippen LogP contribution >= 0.6 is 0 Å². The molecule has 0 fully saturated rings. The van der Waals surface area contributed by atoms with E-state index in [0.717, 1.165) is 22.0 Å². The molecule has 0 aliphatic carbocycles. The molecule has 4 aromatic rings. The summed E-state index contributed by atoms with van der Waals surface area (Å²) < 4.78 is 5.35. The first-order chi connectivity index (χ1) is 10.3. The molecule has 0 saturated heterocycles. The van der Waals surface area contributed by atoms with Gasteiger partial charge in [0.1, 0.15) is 0 Å². The zero-order valence-corrected chi connectivity index (χ0v) is 11.1. The molecule has 4 rings (SSSR count). The van der Waals surface area contributed by atoms with Gasteiger partial charge in [-0.25, -0.2) is 0 Å². The van der Waals surface area contributed by atoms with Crippen LogP contribution in [0.3, 0.4) is 0 Å². The van der Waals surface area contributed by atoms with E-state index in [1.165, 1.54) is 0 Å². The quantitative estimate of drug-likeness (QED) is 0.549. The summed E-state index contributed by atoms with van der Waals surface area (Å²) in [5.41, 5.74) is 9.21. The van der Waals surface area contributed by atoms with Crippen molar-refractivity contribution in [2.75, 3.05) is 5.73 Å². The Morgan fingerprint density at radius 2 is 1.81 bits per heavy atom. The van der Waals surface area contributed by atoms with Gasteiger partial charge in [-0.15, -0.1) is 0 Å². The second kappa shape index (κ2) is 4.49. The number of nitrogens with zero attached hydrogens (tertiary/aromatic N) is 2. The number of nitrogens with two attached hydrogens (primary N) is 1. The summed E-state index contributed by atoms with van der Waals surface area (Å²) in [5.74, 6) is 1.05. The number of nitrogens with one attached hydrogen (secondary N) is 1. The van der Waals surface area contributed by atoms with Crippen molar-refractivity contribution in [1.82, 2.24) is 15.1 Å². The fourth-order valence-corrected chi connectivity index (χ4v) is 2.33. The molecule has 5 nitrogen and oxygen atoms in total. The third kappa shape index (κ3) is 1.95. The normalized spacial score (nSPS) is 11.0. The summed E-state index contributed by atoms with van der Waals surface area (Å²) in [6, 6.07) is 15.4. The number of benzene rings is 2. The van der Waals surface area contributed by atoms with Gasteiger partial charge in [0, 0.05) is 33.9 Å². The molecule has 3 N–H and O–H groups in total. The van der Waals surface area contributed by atoms with E-state index in [9.17, 15) is 0 Å². The van der Waals surface area contributed by atoms with Crippen LogP contribution in [0.4, 0.5) is 5.69 Å². The largest absolute Gasteiger partial charge is 0.399 e. The Kier molecular flexibility index (Phi) is 2.50. The smallest absolute Gasteiger partial charge is 0.258 e. The molecule has 0 spiro atoms. The number of aromatic amines is 1. The minimum atomic E-state index is 0.482. The van der Waals surface area contributed by atoms with E-state index >= 15 is 0 Å². The van der Waals surface area contributed by atoms with Crippen molar-refractivity contribution in [3.8, 4) is 22.8 Å². The van der Waals surface area contributed by atoms with E-state index in [4.69, 9.17) is 10.3 Å². The lowest BCUT2D eigenvalue weighted by molar-refractivity contribution is 0.432. The van der Waals surface area contributed by atoms with Crippen LogP contribution in [0.5, 0.6) is 0 Å². The van der Waals surface area contributed by atoms with Gasteiger partial charge in [0.05, 0.1) is 0 Å².